The molecule has 0 bridgehead atoms. The monoisotopic (exact) mass is 249 g/mol. The normalized spacial score (nSPS) is 12.6. The molecule has 17 heavy (non-hydrogen) atoms. The molecule has 1 unspecified atom stereocenters. The lowest BCUT2D eigenvalue weighted by Gasteiger charge is -2.07. The highest BCUT2D eigenvalue weighted by molar-refractivity contribution is 6.30. The maximum atomic E-state index is 5.86. The van der Waals surface area contributed by atoms with Crippen LogP contribution in [-0.2, 0) is 0 Å². The van der Waals surface area contributed by atoms with Crippen LogP contribution in [0, 0.1) is 0 Å². The van der Waals surface area contributed by atoms with Crippen LogP contribution in [0.4, 0.5) is 0 Å². The molecule has 3 nitrogen and oxygen atoms in total. The van der Waals surface area contributed by atoms with Gasteiger partial charge in [-0.05, 0) is 42.8 Å². The molecule has 0 amide bonds. The van der Waals surface area contributed by atoms with Crippen molar-refractivity contribution in [2.24, 2.45) is 0 Å². The third-order valence-corrected chi connectivity index (χ3v) is 3.03. The summed E-state index contributed by atoms with van der Waals surface area (Å²) in [5.41, 5.74) is 2.26. The Balaban J connectivity index is 2.20. The minimum absolute atomic E-state index is 0.459. The standard InChI is InChI=1S/C13H16ClN3/c1-10(7-15-2)11-8-16-17(9-11)13-5-3-12(14)4-6-13/h3-6,8-10,15H,7H2,1-2H3. The number of aromatic nitrogens is 2. The van der Waals surface area contributed by atoms with Gasteiger partial charge in [0, 0.05) is 17.8 Å². The number of nitrogens with zero attached hydrogens (tertiary/aromatic N) is 2. The molecule has 1 aromatic carbocycles. The van der Waals surface area contributed by atoms with Crippen molar-refractivity contribution in [3.8, 4) is 5.69 Å². The number of benzene rings is 1. The van der Waals surface area contributed by atoms with Gasteiger partial charge in [-0.25, -0.2) is 4.68 Å². The van der Waals surface area contributed by atoms with E-state index in [-0.39, 0.29) is 0 Å². The van der Waals surface area contributed by atoms with Crippen LogP contribution in [0.25, 0.3) is 5.69 Å². The molecule has 4 heteroatoms. The zero-order chi connectivity index (χ0) is 12.3. The summed E-state index contributed by atoms with van der Waals surface area (Å²) in [4.78, 5) is 0. The first-order valence-electron chi connectivity index (χ1n) is 5.66. The van der Waals surface area contributed by atoms with Gasteiger partial charge >= 0.3 is 0 Å². The quantitative estimate of drug-likeness (QED) is 0.903. The highest BCUT2D eigenvalue weighted by Gasteiger charge is 2.07. The first-order valence-corrected chi connectivity index (χ1v) is 6.03. The van der Waals surface area contributed by atoms with Crippen molar-refractivity contribution in [3.63, 3.8) is 0 Å². The molecular formula is C13H16ClN3. The van der Waals surface area contributed by atoms with Crippen molar-refractivity contribution >= 4 is 11.6 Å². The van der Waals surface area contributed by atoms with E-state index in [1.165, 1.54) is 5.56 Å². The van der Waals surface area contributed by atoms with Crippen molar-refractivity contribution in [2.75, 3.05) is 13.6 Å². The molecule has 0 aliphatic heterocycles. The van der Waals surface area contributed by atoms with E-state index in [0.29, 0.717) is 5.92 Å². The summed E-state index contributed by atoms with van der Waals surface area (Å²) in [6.07, 6.45) is 3.97. The van der Waals surface area contributed by atoms with Crippen LogP contribution < -0.4 is 5.32 Å². The average molecular weight is 250 g/mol. The molecule has 1 heterocycles. The third-order valence-electron chi connectivity index (χ3n) is 2.77. The zero-order valence-corrected chi connectivity index (χ0v) is 10.8. The largest absolute Gasteiger partial charge is 0.319 e. The molecule has 0 aliphatic rings. The third kappa shape index (κ3) is 2.87. The van der Waals surface area contributed by atoms with Gasteiger partial charge in [0.2, 0.25) is 0 Å². The van der Waals surface area contributed by atoms with Crippen molar-refractivity contribution in [2.45, 2.75) is 12.8 Å². The molecule has 1 atom stereocenters. The Morgan fingerprint density at radius 3 is 2.71 bits per heavy atom. The summed E-state index contributed by atoms with van der Waals surface area (Å²) in [5.74, 6) is 0.459. The topological polar surface area (TPSA) is 29.9 Å². The number of likely N-dealkylation sites (N-methyl/N-ethyl adjacent to an activating group) is 1. The Morgan fingerprint density at radius 2 is 2.06 bits per heavy atom. The van der Waals surface area contributed by atoms with Crippen LogP contribution in [0.1, 0.15) is 18.4 Å². The molecule has 2 aromatic rings. The van der Waals surface area contributed by atoms with Crippen LogP contribution in [0.5, 0.6) is 0 Å². The fourth-order valence-corrected chi connectivity index (χ4v) is 1.88. The molecule has 0 aliphatic carbocycles. The van der Waals surface area contributed by atoms with Crippen LogP contribution in [0.3, 0.4) is 0 Å². The number of halogens is 1. The molecule has 0 fully saturated rings. The summed E-state index contributed by atoms with van der Waals surface area (Å²) >= 11 is 5.86. The lowest BCUT2D eigenvalue weighted by molar-refractivity contribution is 0.677. The second-order valence-electron chi connectivity index (χ2n) is 4.15. The first kappa shape index (κ1) is 12.1. The van der Waals surface area contributed by atoms with Gasteiger partial charge in [0.15, 0.2) is 0 Å². The van der Waals surface area contributed by atoms with Crippen molar-refractivity contribution in [1.82, 2.24) is 15.1 Å². The van der Waals surface area contributed by atoms with E-state index in [2.05, 4.69) is 23.5 Å². The lowest BCUT2D eigenvalue weighted by atomic mass is 10.1. The average Bonchev–Trinajstić information content (AvgIpc) is 2.80. The van der Waals surface area contributed by atoms with Crippen LogP contribution in [0.15, 0.2) is 36.7 Å². The van der Waals surface area contributed by atoms with Crippen molar-refractivity contribution < 1.29 is 0 Å². The van der Waals surface area contributed by atoms with Crippen molar-refractivity contribution in [3.05, 3.63) is 47.2 Å². The number of hydrogen-bond acceptors (Lipinski definition) is 2. The molecule has 2 rings (SSSR count). The molecule has 1 aromatic heterocycles. The highest BCUT2D eigenvalue weighted by atomic mass is 35.5. The maximum absolute atomic E-state index is 5.86. The summed E-state index contributed by atoms with van der Waals surface area (Å²) in [6.45, 7) is 3.13. The minimum Gasteiger partial charge on any atom is -0.319 e. The smallest absolute Gasteiger partial charge is 0.0646 e. The molecule has 0 saturated heterocycles. The van der Waals surface area contributed by atoms with E-state index in [4.69, 9.17) is 11.6 Å². The van der Waals surface area contributed by atoms with E-state index in [1.54, 1.807) is 0 Å². The Hall–Kier alpha value is -1.32. The predicted octanol–water partition coefficient (Wildman–Crippen LogP) is 2.85. The van der Waals surface area contributed by atoms with Gasteiger partial charge in [-0.15, -0.1) is 0 Å². The van der Waals surface area contributed by atoms with Crippen LogP contribution >= 0.6 is 11.6 Å². The van der Waals surface area contributed by atoms with Gasteiger partial charge in [-0.2, -0.15) is 5.10 Å². The predicted molar refractivity (Wildman–Crippen MR) is 70.9 cm³/mol. The first-order chi connectivity index (χ1) is 8.20. The molecule has 0 radical (unpaired) electrons. The molecule has 0 saturated carbocycles. The Labute approximate surface area is 106 Å². The van der Waals surface area contributed by atoms with Crippen LogP contribution in [-0.4, -0.2) is 23.4 Å². The van der Waals surface area contributed by atoms with Gasteiger partial charge in [-0.1, -0.05) is 18.5 Å². The molecular weight excluding hydrogens is 234 g/mol. The van der Waals surface area contributed by atoms with Gasteiger partial charge < -0.3 is 5.32 Å². The van der Waals surface area contributed by atoms with Gasteiger partial charge in [0.1, 0.15) is 0 Å². The Kier molecular flexibility index (Phi) is 3.82. The Bertz CT molecular complexity index is 476. The molecule has 90 valence electrons. The molecule has 1 N–H and O–H groups in total. The Morgan fingerprint density at radius 1 is 1.35 bits per heavy atom. The van der Waals surface area contributed by atoms with Crippen LogP contribution in [0.2, 0.25) is 5.02 Å². The number of nitrogens with one attached hydrogen (secondary N) is 1. The van der Waals surface area contributed by atoms with E-state index in [1.807, 2.05) is 42.2 Å². The van der Waals surface area contributed by atoms with Gasteiger partial charge in [0.25, 0.3) is 0 Å². The fourth-order valence-electron chi connectivity index (χ4n) is 1.75. The zero-order valence-electron chi connectivity index (χ0n) is 10.0. The summed E-state index contributed by atoms with van der Waals surface area (Å²) in [7, 11) is 1.96. The summed E-state index contributed by atoms with van der Waals surface area (Å²) in [6, 6.07) is 7.66. The number of rotatable bonds is 4. The second kappa shape index (κ2) is 5.34. The maximum Gasteiger partial charge on any atom is 0.0646 e. The summed E-state index contributed by atoms with van der Waals surface area (Å²) in [5, 5.41) is 8.27. The van der Waals surface area contributed by atoms with E-state index in [0.717, 1.165) is 17.3 Å². The minimum atomic E-state index is 0.459. The van der Waals surface area contributed by atoms with Gasteiger partial charge in [0.05, 0.1) is 11.9 Å². The second-order valence-corrected chi connectivity index (χ2v) is 4.59. The SMILES string of the molecule is CNCC(C)c1cnn(-c2ccc(Cl)cc2)c1. The summed E-state index contributed by atoms with van der Waals surface area (Å²) < 4.78 is 1.87. The van der Waals surface area contributed by atoms with Gasteiger partial charge in [-0.3, -0.25) is 0 Å². The highest BCUT2D eigenvalue weighted by Crippen LogP contribution is 2.17. The fraction of sp³-hybridized carbons (Fsp3) is 0.308. The van der Waals surface area contributed by atoms with E-state index in [9.17, 15) is 0 Å². The van der Waals surface area contributed by atoms with Crippen molar-refractivity contribution in [1.29, 1.82) is 0 Å². The molecule has 0 spiro atoms. The van der Waals surface area contributed by atoms with E-state index >= 15 is 0 Å². The number of hydrogen-bond donors (Lipinski definition) is 1. The van der Waals surface area contributed by atoms with E-state index < -0.39 is 0 Å². The lowest BCUT2D eigenvalue weighted by Crippen LogP contribution is -2.14.